The summed E-state index contributed by atoms with van der Waals surface area (Å²) in [6.07, 6.45) is 6.81. The number of hydrogen-bond donors (Lipinski definition) is 1. The summed E-state index contributed by atoms with van der Waals surface area (Å²) in [4.78, 5) is 17.8. The van der Waals surface area contributed by atoms with Gasteiger partial charge in [-0.25, -0.2) is 9.97 Å². The maximum atomic E-state index is 5.65. The molecule has 0 atom stereocenters. The minimum atomic E-state index is 0.507. The summed E-state index contributed by atoms with van der Waals surface area (Å²) in [7, 11) is 0. The molecule has 4 aromatic heterocycles. The summed E-state index contributed by atoms with van der Waals surface area (Å²) >= 11 is 0. The lowest BCUT2D eigenvalue weighted by molar-refractivity contribution is 0.451. The zero-order chi connectivity index (χ0) is 20.3. The van der Waals surface area contributed by atoms with Crippen molar-refractivity contribution in [3.8, 4) is 22.4 Å². The Morgan fingerprint density at radius 2 is 1.83 bits per heavy atom. The summed E-state index contributed by atoms with van der Waals surface area (Å²) in [6.45, 7) is 2.40. The molecule has 146 valence electrons. The number of benzene rings is 1. The molecule has 0 spiro atoms. The van der Waals surface area contributed by atoms with Gasteiger partial charge in [-0.1, -0.05) is 35.5 Å². The molecule has 0 unspecified atom stereocenters. The van der Waals surface area contributed by atoms with E-state index in [1.807, 2.05) is 55.5 Å². The van der Waals surface area contributed by atoms with Crippen LogP contribution in [0.15, 0.2) is 77.8 Å². The van der Waals surface area contributed by atoms with Gasteiger partial charge < -0.3 is 9.84 Å². The van der Waals surface area contributed by atoms with Gasteiger partial charge in [0, 0.05) is 35.3 Å². The Labute approximate surface area is 172 Å². The van der Waals surface area contributed by atoms with Gasteiger partial charge in [0.2, 0.25) is 0 Å². The molecule has 5 rings (SSSR count). The number of nitrogens with zero attached hydrogens (tertiary/aromatic N) is 5. The fourth-order valence-electron chi connectivity index (χ4n) is 3.34. The number of aryl methyl sites for hydroxylation is 1. The highest BCUT2D eigenvalue weighted by Gasteiger charge is 2.18. The second kappa shape index (κ2) is 7.71. The molecule has 0 saturated carbocycles. The highest BCUT2D eigenvalue weighted by atomic mass is 16.5. The fourth-order valence-corrected chi connectivity index (χ4v) is 3.34. The summed E-state index contributed by atoms with van der Waals surface area (Å²) in [5, 5.41) is 7.51. The van der Waals surface area contributed by atoms with Crippen molar-refractivity contribution in [3.05, 3.63) is 84.7 Å². The van der Waals surface area contributed by atoms with E-state index in [1.54, 1.807) is 24.8 Å². The first-order valence-electron chi connectivity index (χ1n) is 9.56. The lowest BCUT2D eigenvalue weighted by Crippen LogP contribution is -2.05. The third kappa shape index (κ3) is 3.37. The molecule has 0 fully saturated rings. The van der Waals surface area contributed by atoms with Gasteiger partial charge in [-0.05, 0) is 25.1 Å². The van der Waals surface area contributed by atoms with Crippen molar-refractivity contribution in [1.29, 1.82) is 0 Å². The van der Waals surface area contributed by atoms with Gasteiger partial charge in [-0.3, -0.25) is 9.97 Å². The van der Waals surface area contributed by atoms with Crippen molar-refractivity contribution in [1.82, 2.24) is 25.1 Å². The highest BCUT2D eigenvalue weighted by molar-refractivity contribution is 5.96. The van der Waals surface area contributed by atoms with Crippen LogP contribution in [0.2, 0.25) is 0 Å². The third-order valence-electron chi connectivity index (χ3n) is 4.81. The van der Waals surface area contributed by atoms with Crippen molar-refractivity contribution in [3.63, 3.8) is 0 Å². The Hall–Kier alpha value is -4.13. The van der Waals surface area contributed by atoms with Gasteiger partial charge >= 0.3 is 0 Å². The monoisotopic (exact) mass is 394 g/mol. The quantitative estimate of drug-likeness (QED) is 0.463. The van der Waals surface area contributed by atoms with Gasteiger partial charge in [0.1, 0.15) is 17.0 Å². The van der Waals surface area contributed by atoms with Gasteiger partial charge in [-0.2, -0.15) is 0 Å². The molecule has 5 aromatic rings. The molecule has 1 N–H and O–H groups in total. The van der Waals surface area contributed by atoms with Crippen LogP contribution in [0.1, 0.15) is 11.4 Å². The number of hydrogen-bond acceptors (Lipinski definition) is 7. The van der Waals surface area contributed by atoms with Gasteiger partial charge in [-0.15, -0.1) is 0 Å². The Morgan fingerprint density at radius 3 is 2.67 bits per heavy atom. The number of pyridine rings is 2. The van der Waals surface area contributed by atoms with Crippen LogP contribution in [-0.4, -0.2) is 25.1 Å². The zero-order valence-corrected chi connectivity index (χ0v) is 16.3. The summed E-state index contributed by atoms with van der Waals surface area (Å²) in [6, 6.07) is 16.0. The lowest BCUT2D eigenvalue weighted by Gasteiger charge is -2.12. The van der Waals surface area contributed by atoms with E-state index in [4.69, 9.17) is 9.51 Å². The number of nitrogens with one attached hydrogen (secondary N) is 1. The molecule has 0 bridgehead atoms. The smallest absolute Gasteiger partial charge is 0.193 e. The molecule has 0 radical (unpaired) electrons. The standard InChI is InChI=1S/C23H18N6O/c1-15-21-22(30-29-15)19(12-20(28-21)16-6-3-2-4-7-16)18-8-5-9-26-23(18)27-14-17-13-24-10-11-25-17/h2-13H,14H2,1H3,(H,26,27). The average molecular weight is 394 g/mol. The highest BCUT2D eigenvalue weighted by Crippen LogP contribution is 2.36. The maximum absolute atomic E-state index is 5.65. The average Bonchev–Trinajstić information content (AvgIpc) is 3.19. The number of rotatable bonds is 5. The van der Waals surface area contributed by atoms with Gasteiger partial charge in [0.25, 0.3) is 0 Å². The van der Waals surface area contributed by atoms with E-state index < -0.39 is 0 Å². The van der Waals surface area contributed by atoms with Crippen molar-refractivity contribution < 1.29 is 4.52 Å². The molecule has 30 heavy (non-hydrogen) atoms. The minimum Gasteiger partial charge on any atom is -0.364 e. The Morgan fingerprint density at radius 1 is 0.933 bits per heavy atom. The van der Waals surface area contributed by atoms with Crippen molar-refractivity contribution in [2.24, 2.45) is 0 Å². The molecule has 0 aliphatic carbocycles. The molecule has 4 heterocycles. The van der Waals surface area contributed by atoms with E-state index in [2.05, 4.69) is 25.4 Å². The maximum Gasteiger partial charge on any atom is 0.193 e. The Balaban J connectivity index is 1.63. The minimum absolute atomic E-state index is 0.507. The van der Waals surface area contributed by atoms with Crippen LogP contribution in [0.3, 0.4) is 0 Å². The van der Waals surface area contributed by atoms with E-state index in [-0.39, 0.29) is 0 Å². The molecule has 0 aliphatic rings. The van der Waals surface area contributed by atoms with Crippen LogP contribution in [-0.2, 0) is 6.54 Å². The molecule has 0 aliphatic heterocycles. The second-order valence-corrected chi connectivity index (χ2v) is 6.82. The lowest BCUT2D eigenvalue weighted by atomic mass is 10.0. The first kappa shape index (κ1) is 17.9. The topological polar surface area (TPSA) is 89.6 Å². The van der Waals surface area contributed by atoms with Crippen molar-refractivity contribution in [2.45, 2.75) is 13.5 Å². The summed E-state index contributed by atoms with van der Waals surface area (Å²) in [5.74, 6) is 0.726. The van der Waals surface area contributed by atoms with E-state index in [1.165, 1.54) is 0 Å². The van der Waals surface area contributed by atoms with E-state index in [0.717, 1.165) is 45.1 Å². The fraction of sp³-hybridized carbons (Fsp3) is 0.0870. The first-order valence-corrected chi connectivity index (χ1v) is 9.56. The summed E-state index contributed by atoms with van der Waals surface area (Å²) in [5.41, 5.74) is 6.64. The van der Waals surface area contributed by atoms with Crippen LogP contribution in [0, 0.1) is 6.92 Å². The predicted molar refractivity (Wildman–Crippen MR) is 115 cm³/mol. The summed E-state index contributed by atoms with van der Waals surface area (Å²) < 4.78 is 5.65. The van der Waals surface area contributed by atoms with Crippen molar-refractivity contribution in [2.75, 3.05) is 5.32 Å². The molecule has 0 amide bonds. The van der Waals surface area contributed by atoms with E-state index >= 15 is 0 Å². The molecule has 0 saturated heterocycles. The van der Waals surface area contributed by atoms with Crippen LogP contribution < -0.4 is 5.32 Å². The number of fused-ring (bicyclic) bond motifs is 1. The molecule has 1 aromatic carbocycles. The zero-order valence-electron chi connectivity index (χ0n) is 16.3. The van der Waals surface area contributed by atoms with Crippen LogP contribution >= 0.6 is 0 Å². The molecule has 7 nitrogen and oxygen atoms in total. The molecule has 7 heteroatoms. The van der Waals surface area contributed by atoms with E-state index in [0.29, 0.717) is 12.1 Å². The van der Waals surface area contributed by atoms with E-state index in [9.17, 15) is 0 Å². The molecular weight excluding hydrogens is 376 g/mol. The predicted octanol–water partition coefficient (Wildman–Crippen LogP) is 4.66. The van der Waals surface area contributed by atoms with Crippen LogP contribution in [0.5, 0.6) is 0 Å². The largest absolute Gasteiger partial charge is 0.364 e. The molecular formula is C23H18N6O. The third-order valence-corrected chi connectivity index (χ3v) is 4.81. The first-order chi connectivity index (χ1) is 14.8. The Bertz CT molecular complexity index is 1300. The van der Waals surface area contributed by atoms with Crippen LogP contribution in [0.25, 0.3) is 33.5 Å². The van der Waals surface area contributed by atoms with Gasteiger partial charge in [0.05, 0.1) is 24.1 Å². The van der Waals surface area contributed by atoms with Crippen LogP contribution in [0.4, 0.5) is 5.82 Å². The SMILES string of the molecule is Cc1noc2c(-c3cccnc3NCc3cnccn3)cc(-c3ccccc3)nc12. The number of aromatic nitrogens is 5. The normalized spacial score (nSPS) is 11.0. The Kier molecular flexibility index (Phi) is 4.61. The number of anilines is 1. The van der Waals surface area contributed by atoms with Gasteiger partial charge in [0.15, 0.2) is 5.58 Å². The second-order valence-electron chi connectivity index (χ2n) is 6.82. The van der Waals surface area contributed by atoms with Crippen molar-refractivity contribution >= 4 is 16.9 Å².